The molecule has 4 N–H and O–H groups in total. The van der Waals surface area contributed by atoms with Crippen LogP contribution in [0.5, 0.6) is 0 Å². The lowest BCUT2D eigenvalue weighted by Crippen LogP contribution is -2.27. The molecule has 1 aromatic rings. The van der Waals surface area contributed by atoms with E-state index in [0.717, 1.165) is 5.69 Å². The Morgan fingerprint density at radius 2 is 2.18 bits per heavy atom. The molecule has 1 atom stereocenters. The van der Waals surface area contributed by atoms with Crippen molar-refractivity contribution in [3.63, 3.8) is 0 Å². The van der Waals surface area contributed by atoms with E-state index in [-0.39, 0.29) is 12.6 Å². The summed E-state index contributed by atoms with van der Waals surface area (Å²) in [6, 6.07) is 7.55. The summed E-state index contributed by atoms with van der Waals surface area (Å²) in [5, 5.41) is 21.2. The standard InChI is InChI=1S/C13H19N3O/c1-9(2)11(6-7-17)16-12-5-3-4-10(8-14)13(12)15/h3-5,9,11,16-17H,6-7,15H2,1-2H3. The van der Waals surface area contributed by atoms with Gasteiger partial charge in [0.25, 0.3) is 0 Å². The summed E-state index contributed by atoms with van der Waals surface area (Å²) in [6.45, 7) is 4.29. The highest BCUT2D eigenvalue weighted by Gasteiger charge is 2.14. The largest absolute Gasteiger partial charge is 0.396 e. The third-order valence-corrected chi connectivity index (χ3v) is 2.81. The van der Waals surface area contributed by atoms with Crippen molar-refractivity contribution in [1.82, 2.24) is 0 Å². The highest BCUT2D eigenvalue weighted by molar-refractivity contribution is 5.73. The van der Waals surface area contributed by atoms with Crippen LogP contribution in [0.2, 0.25) is 0 Å². The molecule has 0 radical (unpaired) electrons. The first-order valence-corrected chi connectivity index (χ1v) is 5.76. The van der Waals surface area contributed by atoms with Gasteiger partial charge >= 0.3 is 0 Å². The molecule has 0 fully saturated rings. The molecule has 0 saturated carbocycles. The fourth-order valence-electron chi connectivity index (χ4n) is 1.70. The maximum Gasteiger partial charge on any atom is 0.101 e. The van der Waals surface area contributed by atoms with Crippen LogP contribution in [0.25, 0.3) is 0 Å². The number of aliphatic hydroxyl groups excluding tert-OH is 1. The second-order valence-corrected chi connectivity index (χ2v) is 4.39. The molecule has 0 aromatic heterocycles. The first-order chi connectivity index (χ1) is 8.10. The van der Waals surface area contributed by atoms with Gasteiger partial charge in [0.15, 0.2) is 0 Å². The molecule has 0 bridgehead atoms. The molecule has 0 saturated heterocycles. The lowest BCUT2D eigenvalue weighted by Gasteiger charge is -2.23. The summed E-state index contributed by atoms with van der Waals surface area (Å²) >= 11 is 0. The van der Waals surface area contributed by atoms with E-state index in [2.05, 4.69) is 25.2 Å². The van der Waals surface area contributed by atoms with Crippen LogP contribution < -0.4 is 11.1 Å². The highest BCUT2D eigenvalue weighted by Crippen LogP contribution is 2.24. The Bertz CT molecular complexity index is 410. The van der Waals surface area contributed by atoms with Gasteiger partial charge < -0.3 is 16.2 Å². The number of nitrogen functional groups attached to an aromatic ring is 1. The van der Waals surface area contributed by atoms with Crippen LogP contribution in [-0.2, 0) is 0 Å². The zero-order valence-corrected chi connectivity index (χ0v) is 10.3. The SMILES string of the molecule is CC(C)C(CCO)Nc1cccc(C#N)c1N. The predicted octanol–water partition coefficient (Wildman–Crippen LogP) is 1.96. The number of nitrogens with two attached hydrogens (primary N) is 1. The summed E-state index contributed by atoms with van der Waals surface area (Å²) in [7, 11) is 0. The summed E-state index contributed by atoms with van der Waals surface area (Å²) in [5.41, 5.74) is 7.60. The number of para-hydroxylation sites is 1. The zero-order chi connectivity index (χ0) is 12.8. The normalized spacial score (nSPS) is 12.2. The summed E-state index contributed by atoms with van der Waals surface area (Å²) in [6.07, 6.45) is 0.661. The predicted molar refractivity (Wildman–Crippen MR) is 69.5 cm³/mol. The molecule has 4 nitrogen and oxygen atoms in total. The van der Waals surface area contributed by atoms with Gasteiger partial charge in [-0.05, 0) is 24.5 Å². The number of rotatable bonds is 5. The van der Waals surface area contributed by atoms with Crippen molar-refractivity contribution in [3.8, 4) is 6.07 Å². The van der Waals surface area contributed by atoms with Gasteiger partial charge in [-0.15, -0.1) is 0 Å². The minimum absolute atomic E-state index is 0.133. The van der Waals surface area contributed by atoms with Crippen LogP contribution in [0.4, 0.5) is 11.4 Å². The van der Waals surface area contributed by atoms with Crippen LogP contribution in [0, 0.1) is 17.2 Å². The topological polar surface area (TPSA) is 82.1 Å². The third-order valence-electron chi connectivity index (χ3n) is 2.81. The monoisotopic (exact) mass is 233 g/mol. The van der Waals surface area contributed by atoms with Gasteiger partial charge in [-0.25, -0.2) is 0 Å². The van der Waals surface area contributed by atoms with Crippen molar-refractivity contribution in [3.05, 3.63) is 23.8 Å². The van der Waals surface area contributed by atoms with E-state index in [1.807, 2.05) is 6.07 Å². The number of aliphatic hydroxyl groups is 1. The van der Waals surface area contributed by atoms with E-state index in [1.54, 1.807) is 12.1 Å². The van der Waals surface area contributed by atoms with Crippen LogP contribution in [0.3, 0.4) is 0 Å². The number of hydrogen-bond donors (Lipinski definition) is 3. The van der Waals surface area contributed by atoms with E-state index in [4.69, 9.17) is 16.1 Å². The lowest BCUT2D eigenvalue weighted by atomic mass is 10.0. The Hall–Kier alpha value is -1.73. The van der Waals surface area contributed by atoms with Crippen molar-refractivity contribution in [1.29, 1.82) is 5.26 Å². The number of nitriles is 1. The minimum atomic E-state index is 0.133. The fraction of sp³-hybridized carbons (Fsp3) is 0.462. The molecule has 92 valence electrons. The van der Waals surface area contributed by atoms with Crippen molar-refractivity contribution >= 4 is 11.4 Å². The summed E-state index contributed by atoms with van der Waals surface area (Å²) in [4.78, 5) is 0. The molecule has 0 heterocycles. The van der Waals surface area contributed by atoms with E-state index < -0.39 is 0 Å². The van der Waals surface area contributed by atoms with Gasteiger partial charge in [-0.1, -0.05) is 19.9 Å². The van der Waals surface area contributed by atoms with E-state index >= 15 is 0 Å². The molecule has 17 heavy (non-hydrogen) atoms. The van der Waals surface area contributed by atoms with Crippen LogP contribution in [0.15, 0.2) is 18.2 Å². The van der Waals surface area contributed by atoms with E-state index in [9.17, 15) is 0 Å². The molecule has 0 aliphatic heterocycles. The summed E-state index contributed by atoms with van der Waals surface area (Å²) in [5.74, 6) is 0.382. The number of anilines is 2. The Kier molecular flexibility index (Phi) is 4.80. The molecule has 4 heteroatoms. The molecule has 1 unspecified atom stereocenters. The Morgan fingerprint density at radius 1 is 1.47 bits per heavy atom. The lowest BCUT2D eigenvalue weighted by molar-refractivity contribution is 0.267. The molecule has 1 rings (SSSR count). The van der Waals surface area contributed by atoms with E-state index in [0.29, 0.717) is 23.6 Å². The number of nitrogens with one attached hydrogen (secondary N) is 1. The van der Waals surface area contributed by atoms with Gasteiger partial charge in [-0.3, -0.25) is 0 Å². The smallest absolute Gasteiger partial charge is 0.101 e. The molecule has 0 aliphatic carbocycles. The first kappa shape index (κ1) is 13.3. The molecule has 0 amide bonds. The van der Waals surface area contributed by atoms with Gasteiger partial charge in [0.2, 0.25) is 0 Å². The summed E-state index contributed by atoms with van der Waals surface area (Å²) < 4.78 is 0. The molecule has 0 spiro atoms. The van der Waals surface area contributed by atoms with Crippen LogP contribution in [-0.4, -0.2) is 17.8 Å². The zero-order valence-electron chi connectivity index (χ0n) is 10.3. The van der Waals surface area contributed by atoms with Crippen molar-refractivity contribution in [2.24, 2.45) is 5.92 Å². The first-order valence-electron chi connectivity index (χ1n) is 5.76. The number of nitrogens with zero attached hydrogens (tertiary/aromatic N) is 1. The van der Waals surface area contributed by atoms with Crippen LogP contribution in [0.1, 0.15) is 25.8 Å². The highest BCUT2D eigenvalue weighted by atomic mass is 16.3. The Balaban J connectivity index is 2.90. The minimum Gasteiger partial charge on any atom is -0.396 e. The van der Waals surface area contributed by atoms with Crippen molar-refractivity contribution < 1.29 is 5.11 Å². The average Bonchev–Trinajstić information content (AvgIpc) is 2.30. The molecular weight excluding hydrogens is 214 g/mol. The van der Waals surface area contributed by atoms with Crippen molar-refractivity contribution in [2.45, 2.75) is 26.3 Å². The Labute approximate surface area is 102 Å². The number of benzene rings is 1. The molecule has 0 aliphatic rings. The third kappa shape index (κ3) is 3.36. The van der Waals surface area contributed by atoms with Crippen molar-refractivity contribution in [2.75, 3.05) is 17.7 Å². The Morgan fingerprint density at radius 3 is 2.71 bits per heavy atom. The van der Waals surface area contributed by atoms with Crippen LogP contribution >= 0.6 is 0 Å². The average molecular weight is 233 g/mol. The maximum absolute atomic E-state index is 9.01. The van der Waals surface area contributed by atoms with Gasteiger partial charge in [0.05, 0.1) is 16.9 Å². The van der Waals surface area contributed by atoms with Gasteiger partial charge in [-0.2, -0.15) is 5.26 Å². The molecular formula is C13H19N3O. The maximum atomic E-state index is 9.01. The second-order valence-electron chi connectivity index (χ2n) is 4.39. The second kappa shape index (κ2) is 6.12. The van der Waals surface area contributed by atoms with Gasteiger partial charge in [0, 0.05) is 12.6 Å². The fourth-order valence-corrected chi connectivity index (χ4v) is 1.70. The quantitative estimate of drug-likeness (QED) is 0.679. The molecule has 1 aromatic carbocycles. The van der Waals surface area contributed by atoms with Gasteiger partial charge in [0.1, 0.15) is 6.07 Å². The number of hydrogen-bond acceptors (Lipinski definition) is 4. The van der Waals surface area contributed by atoms with E-state index in [1.165, 1.54) is 0 Å².